The number of hydrogen-bond acceptors (Lipinski definition) is 3. The summed E-state index contributed by atoms with van der Waals surface area (Å²) in [5.41, 5.74) is 1.34. The summed E-state index contributed by atoms with van der Waals surface area (Å²) in [6.45, 7) is 3.91. The van der Waals surface area contributed by atoms with Crippen molar-refractivity contribution in [3.05, 3.63) is 42.1 Å². The molecule has 0 saturated carbocycles. The molecule has 1 saturated heterocycles. The van der Waals surface area contributed by atoms with E-state index >= 15 is 0 Å². The summed E-state index contributed by atoms with van der Waals surface area (Å²) in [6.07, 6.45) is 4.68. The van der Waals surface area contributed by atoms with Crippen LogP contribution in [0.3, 0.4) is 0 Å². The summed E-state index contributed by atoms with van der Waals surface area (Å²) in [5, 5.41) is 4.42. The Bertz CT molecular complexity index is 624. The van der Waals surface area contributed by atoms with Gasteiger partial charge in [-0.05, 0) is 37.9 Å². The third-order valence-electron chi connectivity index (χ3n) is 4.51. The molecule has 0 spiro atoms. The number of ketones is 1. The molecule has 1 aliphatic heterocycles. The van der Waals surface area contributed by atoms with Crippen molar-refractivity contribution >= 4 is 16.7 Å². The van der Waals surface area contributed by atoms with Crippen molar-refractivity contribution in [3.63, 3.8) is 0 Å². The summed E-state index contributed by atoms with van der Waals surface area (Å²) in [5.74, 6) is 0.247. The first kappa shape index (κ1) is 13.3. The summed E-state index contributed by atoms with van der Waals surface area (Å²) in [7, 11) is 0. The first-order chi connectivity index (χ1) is 9.77. The van der Waals surface area contributed by atoms with Crippen LogP contribution in [0.25, 0.3) is 10.9 Å². The molecule has 1 fully saturated rings. The van der Waals surface area contributed by atoms with E-state index < -0.39 is 0 Å². The van der Waals surface area contributed by atoms with Crippen molar-refractivity contribution in [2.75, 3.05) is 13.1 Å². The van der Waals surface area contributed by atoms with Crippen molar-refractivity contribution < 1.29 is 4.79 Å². The molecule has 1 unspecified atom stereocenters. The van der Waals surface area contributed by atoms with Gasteiger partial charge in [-0.25, -0.2) is 0 Å². The molecule has 1 aliphatic rings. The number of benzene rings is 1. The van der Waals surface area contributed by atoms with Crippen LogP contribution in [0, 0.1) is 5.41 Å². The fourth-order valence-corrected chi connectivity index (χ4v) is 3.20. The normalized spacial score (nSPS) is 22.9. The van der Waals surface area contributed by atoms with Gasteiger partial charge in [0.1, 0.15) is 0 Å². The maximum Gasteiger partial charge on any atom is 0.172 e. The Morgan fingerprint density at radius 3 is 2.95 bits per heavy atom. The Labute approximate surface area is 119 Å². The fourth-order valence-electron chi connectivity index (χ4n) is 3.20. The predicted octanol–water partition coefficient (Wildman–Crippen LogP) is 3.20. The molecule has 0 amide bonds. The average Bonchev–Trinajstić information content (AvgIpc) is 2.54. The molecular formula is C17H20N2O. The topological polar surface area (TPSA) is 42.0 Å². The van der Waals surface area contributed by atoms with Gasteiger partial charge in [-0.1, -0.05) is 25.1 Å². The lowest BCUT2D eigenvalue weighted by atomic mass is 9.72. The lowest BCUT2D eigenvalue weighted by Gasteiger charge is -2.35. The monoisotopic (exact) mass is 268 g/mol. The molecule has 104 valence electrons. The van der Waals surface area contributed by atoms with Gasteiger partial charge in [-0.15, -0.1) is 0 Å². The fraction of sp³-hybridized carbons (Fsp3) is 0.412. The van der Waals surface area contributed by atoms with E-state index in [2.05, 4.69) is 17.2 Å². The third-order valence-corrected chi connectivity index (χ3v) is 4.51. The Morgan fingerprint density at radius 1 is 1.35 bits per heavy atom. The van der Waals surface area contributed by atoms with Gasteiger partial charge in [0.2, 0.25) is 0 Å². The molecule has 3 heteroatoms. The van der Waals surface area contributed by atoms with Gasteiger partial charge >= 0.3 is 0 Å². The van der Waals surface area contributed by atoms with Gasteiger partial charge in [0.05, 0.1) is 5.52 Å². The Kier molecular flexibility index (Phi) is 3.53. The molecule has 1 N–H and O–H groups in total. The second-order valence-corrected chi connectivity index (χ2v) is 5.62. The van der Waals surface area contributed by atoms with Gasteiger partial charge in [-0.3, -0.25) is 9.78 Å². The van der Waals surface area contributed by atoms with Crippen molar-refractivity contribution in [3.8, 4) is 0 Å². The summed E-state index contributed by atoms with van der Waals surface area (Å²) < 4.78 is 0. The van der Waals surface area contributed by atoms with Crippen molar-refractivity contribution in [2.24, 2.45) is 5.41 Å². The number of fused-ring (bicyclic) bond motifs is 1. The van der Waals surface area contributed by atoms with E-state index in [1.54, 1.807) is 6.20 Å². The molecule has 2 aromatic rings. The smallest absolute Gasteiger partial charge is 0.172 e. The quantitative estimate of drug-likeness (QED) is 0.869. The molecule has 1 atom stereocenters. The van der Waals surface area contributed by atoms with Crippen LogP contribution in [-0.4, -0.2) is 23.9 Å². The van der Waals surface area contributed by atoms with Gasteiger partial charge in [0.25, 0.3) is 0 Å². The van der Waals surface area contributed by atoms with E-state index in [4.69, 9.17) is 0 Å². The number of nitrogens with zero attached hydrogens (tertiary/aromatic N) is 1. The van der Waals surface area contributed by atoms with Crippen LogP contribution in [0.4, 0.5) is 0 Å². The van der Waals surface area contributed by atoms with Crippen LogP contribution < -0.4 is 5.32 Å². The van der Waals surface area contributed by atoms with E-state index in [1.165, 1.54) is 0 Å². The maximum absolute atomic E-state index is 13.1. The minimum absolute atomic E-state index is 0.247. The van der Waals surface area contributed by atoms with Gasteiger partial charge in [0.15, 0.2) is 5.78 Å². The zero-order valence-electron chi connectivity index (χ0n) is 11.9. The Hall–Kier alpha value is -1.74. The standard InChI is InChI=1S/C17H20N2O/c1-2-17(9-5-10-18-12-17)16(20)14-8-3-6-13-7-4-11-19-15(13)14/h3-4,6-8,11,18H,2,5,9-10,12H2,1H3. The zero-order valence-corrected chi connectivity index (χ0v) is 11.9. The van der Waals surface area contributed by atoms with Gasteiger partial charge < -0.3 is 5.32 Å². The molecule has 2 heterocycles. The predicted molar refractivity (Wildman–Crippen MR) is 80.9 cm³/mol. The van der Waals surface area contributed by atoms with Crippen molar-refractivity contribution in [1.82, 2.24) is 10.3 Å². The number of nitrogens with one attached hydrogen (secondary N) is 1. The Balaban J connectivity index is 2.08. The van der Waals surface area contributed by atoms with Crippen LogP contribution in [-0.2, 0) is 0 Å². The van der Waals surface area contributed by atoms with Crippen LogP contribution in [0.1, 0.15) is 36.5 Å². The Morgan fingerprint density at radius 2 is 2.20 bits per heavy atom. The van der Waals surface area contributed by atoms with Crippen LogP contribution in [0.15, 0.2) is 36.5 Å². The molecule has 3 rings (SSSR count). The SMILES string of the molecule is CCC1(C(=O)c2cccc3cccnc23)CCCNC1. The zero-order chi connectivity index (χ0) is 14.0. The summed E-state index contributed by atoms with van der Waals surface area (Å²) in [4.78, 5) is 17.5. The number of aromatic nitrogens is 1. The number of hydrogen-bond donors (Lipinski definition) is 1. The molecule has 1 aromatic heterocycles. The van der Waals surface area contributed by atoms with E-state index in [9.17, 15) is 4.79 Å². The highest BCUT2D eigenvalue weighted by Gasteiger charge is 2.38. The largest absolute Gasteiger partial charge is 0.316 e. The summed E-state index contributed by atoms with van der Waals surface area (Å²) >= 11 is 0. The molecule has 3 nitrogen and oxygen atoms in total. The first-order valence-electron chi connectivity index (χ1n) is 7.36. The van der Waals surface area contributed by atoms with E-state index in [0.717, 1.165) is 48.8 Å². The van der Waals surface area contributed by atoms with E-state index in [-0.39, 0.29) is 11.2 Å². The lowest BCUT2D eigenvalue weighted by Crippen LogP contribution is -2.45. The number of piperidine rings is 1. The van der Waals surface area contributed by atoms with Gasteiger partial charge in [-0.2, -0.15) is 0 Å². The van der Waals surface area contributed by atoms with E-state index in [1.807, 2.05) is 30.3 Å². The van der Waals surface area contributed by atoms with Crippen LogP contribution in [0.5, 0.6) is 0 Å². The highest BCUT2D eigenvalue weighted by molar-refractivity contribution is 6.09. The maximum atomic E-state index is 13.1. The van der Waals surface area contributed by atoms with Crippen LogP contribution >= 0.6 is 0 Å². The molecule has 20 heavy (non-hydrogen) atoms. The molecular weight excluding hydrogens is 248 g/mol. The number of carbonyl (C=O) groups excluding carboxylic acids is 1. The van der Waals surface area contributed by atoms with Crippen LogP contribution in [0.2, 0.25) is 0 Å². The van der Waals surface area contributed by atoms with E-state index in [0.29, 0.717) is 0 Å². The number of carbonyl (C=O) groups is 1. The van der Waals surface area contributed by atoms with Crippen molar-refractivity contribution in [2.45, 2.75) is 26.2 Å². The number of para-hydroxylation sites is 1. The minimum atomic E-state index is -0.260. The minimum Gasteiger partial charge on any atom is -0.316 e. The lowest BCUT2D eigenvalue weighted by molar-refractivity contribution is 0.0732. The number of rotatable bonds is 3. The molecule has 0 radical (unpaired) electrons. The number of pyridine rings is 1. The molecule has 0 bridgehead atoms. The van der Waals surface area contributed by atoms with Gasteiger partial charge in [0, 0.05) is 29.1 Å². The van der Waals surface area contributed by atoms with Crippen molar-refractivity contribution in [1.29, 1.82) is 0 Å². The highest BCUT2D eigenvalue weighted by Crippen LogP contribution is 2.35. The summed E-state index contributed by atoms with van der Waals surface area (Å²) in [6, 6.07) is 9.81. The second-order valence-electron chi connectivity index (χ2n) is 5.62. The third kappa shape index (κ3) is 2.12. The number of Topliss-reactive ketones (excluding diaryl/α,β-unsaturated/α-hetero) is 1. The average molecular weight is 268 g/mol. The second kappa shape index (κ2) is 5.33. The first-order valence-corrected chi connectivity index (χ1v) is 7.36. The highest BCUT2D eigenvalue weighted by atomic mass is 16.1. The molecule has 1 aromatic carbocycles. The molecule has 0 aliphatic carbocycles.